The number of unbranched alkanes of at least 4 members (excludes halogenated alkanes) is 1. The number of hydrogen-bond acceptors (Lipinski definition) is 3. The molecule has 1 heterocycles. The van der Waals surface area contributed by atoms with Gasteiger partial charge in [0.1, 0.15) is 11.6 Å². The van der Waals surface area contributed by atoms with Gasteiger partial charge in [-0.25, -0.2) is 4.98 Å². The lowest BCUT2D eigenvalue weighted by atomic mass is 10.0. The number of carbonyl (C=O) groups is 1. The van der Waals surface area contributed by atoms with Crippen LogP contribution in [-0.4, -0.2) is 22.1 Å². The molecule has 4 rings (SSSR count). The monoisotopic (exact) mass is 519 g/mol. The van der Waals surface area contributed by atoms with Crippen LogP contribution in [0.25, 0.3) is 11.0 Å². The molecule has 4 aromatic rings. The first-order chi connectivity index (χ1) is 16.5. The van der Waals surface area contributed by atoms with Crippen LogP contribution in [-0.2, 0) is 13.1 Å². The van der Waals surface area contributed by atoms with Gasteiger partial charge in [0.2, 0.25) is 0 Å². The number of imidazole rings is 1. The smallest absolute Gasteiger partial charge is 0.251 e. The third kappa shape index (κ3) is 6.06. The minimum absolute atomic E-state index is 0.114. The lowest BCUT2D eigenvalue weighted by Gasteiger charge is -2.12. The van der Waals surface area contributed by atoms with Gasteiger partial charge >= 0.3 is 0 Å². The number of aryl methyl sites for hydroxylation is 1. The molecule has 176 valence electrons. The number of rotatable bonds is 10. The molecule has 0 fully saturated rings. The van der Waals surface area contributed by atoms with Crippen molar-refractivity contribution in [2.24, 2.45) is 0 Å². The van der Waals surface area contributed by atoms with E-state index in [9.17, 15) is 4.79 Å². The number of aromatic nitrogens is 2. The Hall–Kier alpha value is -3.12. The summed E-state index contributed by atoms with van der Waals surface area (Å²) in [6.07, 6.45) is 1.89. The van der Waals surface area contributed by atoms with Gasteiger partial charge in [-0.05, 0) is 66.8 Å². The summed E-state index contributed by atoms with van der Waals surface area (Å²) in [6, 6.07) is 23.8. The molecule has 0 atom stereocenters. The number of halogens is 1. The highest BCUT2D eigenvalue weighted by molar-refractivity contribution is 9.10. The Morgan fingerprint density at radius 1 is 1.03 bits per heavy atom. The zero-order valence-corrected chi connectivity index (χ0v) is 21.2. The maximum Gasteiger partial charge on any atom is 0.251 e. The normalized spacial score (nSPS) is 11.2. The molecule has 6 heteroatoms. The average molecular weight is 520 g/mol. The highest BCUT2D eigenvalue weighted by atomic mass is 79.9. The van der Waals surface area contributed by atoms with Gasteiger partial charge in [0.25, 0.3) is 5.91 Å². The standard InChI is InChI=1S/C28H30BrN3O2/c1-20(2)21-12-14-24(15-13-21)34-17-6-5-16-32-26-11-4-3-10-25(26)31-27(32)19-30-28(33)22-8-7-9-23(29)18-22/h3-4,7-15,18,20H,5-6,16-17,19H2,1-2H3,(H,30,33). The second-order valence-corrected chi connectivity index (χ2v) is 9.56. The van der Waals surface area contributed by atoms with Gasteiger partial charge in [0.15, 0.2) is 0 Å². The van der Waals surface area contributed by atoms with Crippen molar-refractivity contribution < 1.29 is 9.53 Å². The third-order valence-electron chi connectivity index (χ3n) is 5.82. The second kappa shape index (κ2) is 11.3. The van der Waals surface area contributed by atoms with Crippen LogP contribution in [0.1, 0.15) is 54.4 Å². The number of benzene rings is 3. The molecule has 0 aliphatic heterocycles. The summed E-state index contributed by atoms with van der Waals surface area (Å²) >= 11 is 3.42. The Bertz CT molecular complexity index is 1250. The van der Waals surface area contributed by atoms with Gasteiger partial charge in [-0.2, -0.15) is 0 Å². The first kappa shape index (κ1) is 24.0. The number of amides is 1. The predicted octanol–water partition coefficient (Wildman–Crippen LogP) is 6.71. The van der Waals surface area contributed by atoms with Crippen LogP contribution in [0.15, 0.2) is 77.3 Å². The van der Waals surface area contributed by atoms with Gasteiger partial charge in [0, 0.05) is 16.6 Å². The molecule has 0 spiro atoms. The third-order valence-corrected chi connectivity index (χ3v) is 6.31. The molecule has 0 saturated carbocycles. The molecule has 0 radical (unpaired) electrons. The molecule has 0 unspecified atom stereocenters. The summed E-state index contributed by atoms with van der Waals surface area (Å²) in [5.74, 6) is 2.17. The van der Waals surface area contributed by atoms with E-state index >= 15 is 0 Å². The molecular formula is C28H30BrN3O2. The Balaban J connectivity index is 1.35. The van der Waals surface area contributed by atoms with Crippen molar-refractivity contribution in [2.75, 3.05) is 6.61 Å². The van der Waals surface area contributed by atoms with Crippen LogP contribution in [0.5, 0.6) is 5.75 Å². The lowest BCUT2D eigenvalue weighted by molar-refractivity contribution is 0.0949. The van der Waals surface area contributed by atoms with Crippen LogP contribution in [0.2, 0.25) is 0 Å². The van der Waals surface area contributed by atoms with Crippen molar-refractivity contribution in [3.63, 3.8) is 0 Å². The highest BCUT2D eigenvalue weighted by Crippen LogP contribution is 2.20. The van der Waals surface area contributed by atoms with E-state index in [0.717, 1.165) is 46.5 Å². The quantitative estimate of drug-likeness (QED) is 0.237. The number of nitrogens with zero attached hydrogens (tertiary/aromatic N) is 2. The molecular weight excluding hydrogens is 490 g/mol. The Kier molecular flexibility index (Phi) is 8.01. The zero-order chi connectivity index (χ0) is 23.9. The molecule has 34 heavy (non-hydrogen) atoms. The summed E-state index contributed by atoms with van der Waals surface area (Å²) in [5, 5.41) is 3.01. The summed E-state index contributed by atoms with van der Waals surface area (Å²) in [5.41, 5.74) is 3.96. The van der Waals surface area contributed by atoms with E-state index in [1.165, 1.54) is 5.56 Å². The van der Waals surface area contributed by atoms with Gasteiger partial charge in [-0.15, -0.1) is 0 Å². The van der Waals surface area contributed by atoms with Crippen LogP contribution >= 0.6 is 15.9 Å². The van der Waals surface area contributed by atoms with E-state index in [-0.39, 0.29) is 5.91 Å². The zero-order valence-electron chi connectivity index (χ0n) is 19.6. The maximum atomic E-state index is 12.6. The summed E-state index contributed by atoms with van der Waals surface area (Å²) < 4.78 is 9.01. The number of fused-ring (bicyclic) bond motifs is 1. The molecule has 0 aliphatic rings. The Morgan fingerprint density at radius 2 is 1.82 bits per heavy atom. The van der Waals surface area contributed by atoms with Crippen LogP contribution in [0.4, 0.5) is 0 Å². The van der Waals surface area contributed by atoms with Gasteiger partial charge in [0.05, 0.1) is 24.2 Å². The minimum atomic E-state index is -0.114. The Labute approximate surface area is 209 Å². The predicted molar refractivity (Wildman–Crippen MR) is 140 cm³/mol. The fourth-order valence-electron chi connectivity index (χ4n) is 3.91. The van der Waals surface area contributed by atoms with E-state index in [4.69, 9.17) is 9.72 Å². The van der Waals surface area contributed by atoms with E-state index in [1.807, 2.05) is 48.5 Å². The van der Waals surface area contributed by atoms with Gasteiger partial charge < -0.3 is 14.6 Å². The van der Waals surface area contributed by atoms with Crippen molar-refractivity contribution in [2.45, 2.75) is 45.7 Å². The maximum absolute atomic E-state index is 12.6. The number of ether oxygens (including phenoxy) is 1. The molecule has 5 nitrogen and oxygen atoms in total. The van der Waals surface area contributed by atoms with Crippen LogP contribution in [0.3, 0.4) is 0 Å². The van der Waals surface area contributed by atoms with Crippen molar-refractivity contribution in [3.8, 4) is 5.75 Å². The van der Waals surface area contributed by atoms with E-state index < -0.39 is 0 Å². The van der Waals surface area contributed by atoms with Crippen molar-refractivity contribution in [1.29, 1.82) is 0 Å². The number of hydrogen-bond donors (Lipinski definition) is 1. The number of carbonyl (C=O) groups excluding carboxylic acids is 1. The van der Waals surface area contributed by atoms with E-state index in [0.29, 0.717) is 24.6 Å². The van der Waals surface area contributed by atoms with Gasteiger partial charge in [-0.3, -0.25) is 4.79 Å². The minimum Gasteiger partial charge on any atom is -0.494 e. The van der Waals surface area contributed by atoms with E-state index in [1.54, 1.807) is 6.07 Å². The lowest BCUT2D eigenvalue weighted by Crippen LogP contribution is -2.24. The fraction of sp³-hybridized carbons (Fsp3) is 0.286. The molecule has 3 aromatic carbocycles. The van der Waals surface area contributed by atoms with E-state index in [2.05, 4.69) is 57.9 Å². The first-order valence-electron chi connectivity index (χ1n) is 11.7. The van der Waals surface area contributed by atoms with Crippen molar-refractivity contribution >= 4 is 32.9 Å². The molecule has 1 aromatic heterocycles. The van der Waals surface area contributed by atoms with Gasteiger partial charge in [-0.1, -0.05) is 60.1 Å². The topological polar surface area (TPSA) is 56.1 Å². The number of para-hydroxylation sites is 2. The van der Waals surface area contributed by atoms with Crippen LogP contribution in [0, 0.1) is 0 Å². The Morgan fingerprint density at radius 3 is 2.59 bits per heavy atom. The molecule has 1 amide bonds. The van der Waals surface area contributed by atoms with Crippen molar-refractivity contribution in [1.82, 2.24) is 14.9 Å². The largest absolute Gasteiger partial charge is 0.494 e. The summed E-state index contributed by atoms with van der Waals surface area (Å²) in [7, 11) is 0. The average Bonchev–Trinajstić information content (AvgIpc) is 3.20. The van der Waals surface area contributed by atoms with Crippen molar-refractivity contribution in [3.05, 3.63) is 94.2 Å². The SMILES string of the molecule is CC(C)c1ccc(OCCCCn2c(CNC(=O)c3cccc(Br)c3)nc3ccccc32)cc1. The highest BCUT2D eigenvalue weighted by Gasteiger charge is 2.12. The molecule has 0 saturated heterocycles. The fourth-order valence-corrected chi connectivity index (χ4v) is 4.31. The molecule has 0 bridgehead atoms. The molecule has 0 aliphatic carbocycles. The first-order valence-corrected chi connectivity index (χ1v) is 12.5. The number of nitrogens with one attached hydrogen (secondary N) is 1. The summed E-state index contributed by atoms with van der Waals surface area (Å²) in [6.45, 7) is 6.24. The molecule has 1 N–H and O–H groups in total. The van der Waals surface area contributed by atoms with Crippen LogP contribution < -0.4 is 10.1 Å². The second-order valence-electron chi connectivity index (χ2n) is 8.64. The summed E-state index contributed by atoms with van der Waals surface area (Å²) in [4.78, 5) is 17.4.